The van der Waals surface area contributed by atoms with Crippen molar-refractivity contribution < 1.29 is 13.5 Å². The predicted octanol–water partition coefficient (Wildman–Crippen LogP) is 0.702. The van der Waals surface area contributed by atoms with Crippen LogP contribution in [-0.2, 0) is 17.8 Å². The zero-order valence-electron chi connectivity index (χ0n) is 7.69. The second-order valence-corrected chi connectivity index (χ2v) is 3.28. The molecule has 1 aromatic carbocycles. The Labute approximate surface area is 84.7 Å². The van der Waals surface area contributed by atoms with Crippen molar-refractivity contribution in [3.05, 3.63) is 23.8 Å². The lowest BCUT2D eigenvalue weighted by Gasteiger charge is -2.08. The second kappa shape index (κ2) is 4.94. The molecule has 1 aromatic rings. The van der Waals surface area contributed by atoms with Crippen molar-refractivity contribution in [3.63, 3.8) is 0 Å². The first-order chi connectivity index (χ1) is 6.67. The molecule has 0 saturated carbocycles. The normalized spacial score (nSPS) is 12.2. The van der Waals surface area contributed by atoms with Crippen LogP contribution in [0.3, 0.4) is 0 Å². The van der Waals surface area contributed by atoms with Gasteiger partial charge in [0, 0.05) is 18.2 Å². The Hall–Kier alpha value is -1.11. The number of anilines is 1. The highest BCUT2D eigenvalue weighted by Crippen LogP contribution is 2.22. The van der Waals surface area contributed by atoms with Crippen molar-refractivity contribution in [1.82, 2.24) is 0 Å². The van der Waals surface area contributed by atoms with Crippen LogP contribution in [0.5, 0.6) is 5.75 Å². The second-order valence-electron chi connectivity index (χ2n) is 2.58. The molecule has 0 aliphatic carbocycles. The molecule has 0 aromatic heterocycles. The van der Waals surface area contributed by atoms with Gasteiger partial charge in [0.25, 0.3) is 11.3 Å². The van der Waals surface area contributed by atoms with E-state index >= 15 is 0 Å². The molecule has 5 nitrogen and oxygen atoms in total. The molecule has 0 amide bonds. The van der Waals surface area contributed by atoms with Crippen molar-refractivity contribution in [2.24, 2.45) is 5.73 Å². The first-order valence-corrected chi connectivity index (χ1v) is 5.02. The summed E-state index contributed by atoms with van der Waals surface area (Å²) in [5, 5.41) is 0. The molecular formula is C8H12N2O3S. The van der Waals surface area contributed by atoms with E-state index < -0.39 is 11.3 Å². The van der Waals surface area contributed by atoms with E-state index in [1.54, 1.807) is 18.2 Å². The van der Waals surface area contributed by atoms with Crippen LogP contribution < -0.4 is 15.2 Å². The van der Waals surface area contributed by atoms with Crippen LogP contribution in [0.25, 0.3) is 0 Å². The Balaban J connectivity index is 2.95. The Morgan fingerprint density at radius 2 is 2.36 bits per heavy atom. The summed E-state index contributed by atoms with van der Waals surface area (Å²) in [5.41, 5.74) is 6.83. The minimum Gasteiger partial charge on any atom is -0.496 e. The molecule has 1 unspecified atom stereocenters. The lowest BCUT2D eigenvalue weighted by molar-refractivity contribution is 0.410. The summed E-state index contributed by atoms with van der Waals surface area (Å²) in [7, 11) is 1.52. The van der Waals surface area contributed by atoms with Crippen molar-refractivity contribution in [2.75, 3.05) is 11.8 Å². The number of methoxy groups -OCH3 is 1. The number of nitrogens with one attached hydrogen (secondary N) is 1. The van der Waals surface area contributed by atoms with E-state index in [1.807, 2.05) is 0 Å². The fraction of sp³-hybridized carbons (Fsp3) is 0.250. The number of ether oxygens (including phenoxy) is 1. The van der Waals surface area contributed by atoms with Crippen LogP contribution in [0.4, 0.5) is 5.69 Å². The smallest absolute Gasteiger partial charge is 0.259 e. The summed E-state index contributed by atoms with van der Waals surface area (Å²) in [5.74, 6) is 0.600. The van der Waals surface area contributed by atoms with Gasteiger partial charge in [-0.25, -0.2) is 4.21 Å². The highest BCUT2D eigenvalue weighted by Gasteiger charge is 2.03. The molecule has 0 radical (unpaired) electrons. The van der Waals surface area contributed by atoms with E-state index in [9.17, 15) is 4.21 Å². The molecule has 6 heteroatoms. The van der Waals surface area contributed by atoms with E-state index in [1.165, 1.54) is 7.11 Å². The van der Waals surface area contributed by atoms with E-state index in [4.69, 9.17) is 15.0 Å². The maximum Gasteiger partial charge on any atom is 0.259 e. The van der Waals surface area contributed by atoms with Crippen LogP contribution in [0.1, 0.15) is 5.56 Å². The Morgan fingerprint density at radius 1 is 1.64 bits per heavy atom. The molecule has 4 N–H and O–H groups in total. The number of benzene rings is 1. The number of hydrogen-bond acceptors (Lipinski definition) is 3. The van der Waals surface area contributed by atoms with Crippen molar-refractivity contribution in [2.45, 2.75) is 6.54 Å². The van der Waals surface area contributed by atoms with Crippen LogP contribution in [0.2, 0.25) is 0 Å². The fourth-order valence-corrected chi connectivity index (χ4v) is 1.41. The van der Waals surface area contributed by atoms with Gasteiger partial charge in [-0.15, -0.1) is 0 Å². The fourth-order valence-electron chi connectivity index (χ4n) is 1.08. The molecule has 0 fully saturated rings. The molecular weight excluding hydrogens is 204 g/mol. The molecule has 0 aliphatic rings. The molecule has 14 heavy (non-hydrogen) atoms. The van der Waals surface area contributed by atoms with Crippen LogP contribution in [0, 0.1) is 0 Å². The first kappa shape index (κ1) is 11.0. The van der Waals surface area contributed by atoms with Crippen molar-refractivity contribution in [1.29, 1.82) is 0 Å². The van der Waals surface area contributed by atoms with Gasteiger partial charge < -0.3 is 10.5 Å². The van der Waals surface area contributed by atoms with Gasteiger partial charge in [-0.05, 0) is 6.07 Å². The lowest BCUT2D eigenvalue weighted by atomic mass is 10.2. The zero-order chi connectivity index (χ0) is 10.6. The minimum absolute atomic E-state index is 0.367. The Bertz CT molecular complexity index is 343. The SMILES string of the molecule is COc1cc(NS(=O)O)ccc1CN. The maximum atomic E-state index is 10.5. The van der Waals surface area contributed by atoms with Crippen molar-refractivity contribution in [3.8, 4) is 5.75 Å². The largest absolute Gasteiger partial charge is 0.496 e. The third-order valence-electron chi connectivity index (χ3n) is 1.71. The molecule has 0 bridgehead atoms. The van der Waals surface area contributed by atoms with Gasteiger partial charge in [-0.3, -0.25) is 9.27 Å². The summed E-state index contributed by atoms with van der Waals surface area (Å²) in [6, 6.07) is 5.03. The summed E-state index contributed by atoms with van der Waals surface area (Å²) in [6.07, 6.45) is 0. The molecule has 0 saturated heterocycles. The van der Waals surface area contributed by atoms with E-state index in [0.717, 1.165) is 5.56 Å². The first-order valence-electron chi connectivity index (χ1n) is 3.92. The molecule has 0 aliphatic heterocycles. The van der Waals surface area contributed by atoms with Gasteiger partial charge in [-0.1, -0.05) is 6.07 Å². The monoisotopic (exact) mass is 216 g/mol. The summed E-state index contributed by atoms with van der Waals surface area (Å²) in [6.45, 7) is 0.367. The third-order valence-corrected chi connectivity index (χ3v) is 2.12. The highest BCUT2D eigenvalue weighted by molar-refractivity contribution is 7.80. The van der Waals surface area contributed by atoms with Gasteiger partial charge in [0.1, 0.15) is 5.75 Å². The van der Waals surface area contributed by atoms with Crippen LogP contribution in [0.15, 0.2) is 18.2 Å². The lowest BCUT2D eigenvalue weighted by Crippen LogP contribution is -2.04. The van der Waals surface area contributed by atoms with Crippen LogP contribution in [-0.4, -0.2) is 15.9 Å². The van der Waals surface area contributed by atoms with E-state index in [0.29, 0.717) is 18.0 Å². The summed E-state index contributed by atoms with van der Waals surface area (Å²) < 4.78 is 26.4. The molecule has 1 atom stereocenters. The van der Waals surface area contributed by atoms with Gasteiger partial charge in [0.05, 0.1) is 12.8 Å². The molecule has 0 heterocycles. The van der Waals surface area contributed by atoms with Gasteiger partial charge in [0.2, 0.25) is 0 Å². The number of nitrogens with two attached hydrogens (primary N) is 1. The van der Waals surface area contributed by atoms with Crippen molar-refractivity contribution >= 4 is 17.0 Å². The van der Waals surface area contributed by atoms with E-state index in [-0.39, 0.29) is 0 Å². The van der Waals surface area contributed by atoms with E-state index in [2.05, 4.69) is 4.72 Å². The Morgan fingerprint density at radius 3 is 2.86 bits per heavy atom. The van der Waals surface area contributed by atoms with Gasteiger partial charge in [0.15, 0.2) is 0 Å². The number of hydrogen-bond donors (Lipinski definition) is 3. The zero-order valence-corrected chi connectivity index (χ0v) is 8.50. The summed E-state index contributed by atoms with van der Waals surface area (Å²) >= 11 is -2.07. The Kier molecular flexibility index (Phi) is 3.87. The quantitative estimate of drug-likeness (QED) is 0.647. The predicted molar refractivity (Wildman–Crippen MR) is 55.3 cm³/mol. The highest BCUT2D eigenvalue weighted by atomic mass is 32.2. The average molecular weight is 216 g/mol. The molecule has 0 spiro atoms. The maximum absolute atomic E-state index is 10.5. The van der Waals surface area contributed by atoms with Gasteiger partial charge in [-0.2, -0.15) is 0 Å². The molecule has 78 valence electrons. The van der Waals surface area contributed by atoms with Crippen LogP contribution >= 0.6 is 0 Å². The average Bonchev–Trinajstić information content (AvgIpc) is 2.16. The topological polar surface area (TPSA) is 84.6 Å². The van der Waals surface area contributed by atoms with Gasteiger partial charge >= 0.3 is 0 Å². The standard InChI is InChI=1S/C8H12N2O3S/c1-13-8-4-7(10-14(11)12)3-2-6(8)5-9/h2-4,10H,5,9H2,1H3,(H,11,12). The summed E-state index contributed by atoms with van der Waals surface area (Å²) in [4.78, 5) is 0. The number of rotatable bonds is 4. The minimum atomic E-state index is -2.07. The third kappa shape index (κ3) is 2.69. The molecule has 1 rings (SSSR count).